The van der Waals surface area contributed by atoms with Crippen LogP contribution in [0.1, 0.15) is 0 Å². The molecule has 13 rings (SSSR count). The molecule has 0 amide bonds. The molecule has 0 aliphatic carbocycles. The number of fused-ring (bicyclic) bond motifs is 12. The first-order valence-corrected chi connectivity index (χ1v) is 20.5. The van der Waals surface area contributed by atoms with E-state index >= 15 is 4.79 Å². The van der Waals surface area contributed by atoms with Crippen molar-refractivity contribution in [3.63, 3.8) is 0 Å². The van der Waals surface area contributed by atoms with E-state index in [1.807, 2.05) is 47.0 Å². The average molecular weight is 780 g/mol. The van der Waals surface area contributed by atoms with Crippen molar-refractivity contribution in [1.82, 2.24) is 23.7 Å². The highest BCUT2D eigenvalue weighted by atomic mass is 16.1. The number of pyridine rings is 1. The Kier molecular flexibility index (Phi) is 7.06. The molecule has 284 valence electrons. The van der Waals surface area contributed by atoms with E-state index in [2.05, 4.69) is 167 Å². The Labute approximate surface area is 348 Å². The fourth-order valence-corrected chi connectivity index (χ4v) is 9.77. The zero-order valence-corrected chi connectivity index (χ0v) is 32.7. The van der Waals surface area contributed by atoms with E-state index in [-0.39, 0.29) is 5.56 Å². The number of benzene rings is 9. The first-order chi connectivity index (χ1) is 30.2. The molecule has 0 N–H and O–H groups in total. The molecule has 13 aromatic rings. The summed E-state index contributed by atoms with van der Waals surface area (Å²) in [5.41, 5.74) is 9.42. The Morgan fingerprint density at radius 2 is 0.951 bits per heavy atom. The van der Waals surface area contributed by atoms with E-state index in [0.717, 1.165) is 104 Å². The number of aromatic nitrogens is 5. The van der Waals surface area contributed by atoms with Crippen LogP contribution in [0.15, 0.2) is 205 Å². The first-order valence-electron chi connectivity index (χ1n) is 20.5. The monoisotopic (exact) mass is 779 g/mol. The summed E-state index contributed by atoms with van der Waals surface area (Å²) in [4.78, 5) is 26.1. The number of nitrogens with zero attached hydrogens (tertiary/aromatic N) is 5. The highest BCUT2D eigenvalue weighted by molar-refractivity contribution is 6.24. The van der Waals surface area contributed by atoms with Crippen molar-refractivity contribution in [3.05, 3.63) is 211 Å². The van der Waals surface area contributed by atoms with E-state index in [1.165, 1.54) is 0 Å². The fraction of sp³-hybridized carbons (Fsp3) is 0. The zero-order chi connectivity index (χ0) is 40.2. The van der Waals surface area contributed by atoms with Crippen LogP contribution in [0, 0.1) is 0 Å². The van der Waals surface area contributed by atoms with Crippen molar-refractivity contribution in [3.8, 4) is 28.6 Å². The second kappa shape index (κ2) is 12.8. The molecule has 61 heavy (non-hydrogen) atoms. The Balaban J connectivity index is 1.15. The van der Waals surface area contributed by atoms with Crippen LogP contribution in [0.4, 0.5) is 0 Å². The summed E-state index contributed by atoms with van der Waals surface area (Å²) < 4.78 is 6.35. The summed E-state index contributed by atoms with van der Waals surface area (Å²) in [7, 11) is 0. The molecule has 6 heteroatoms. The Morgan fingerprint density at radius 1 is 0.344 bits per heavy atom. The Hall–Kier alpha value is -8.35. The van der Waals surface area contributed by atoms with Gasteiger partial charge in [-0.2, -0.15) is 0 Å². The lowest BCUT2D eigenvalue weighted by molar-refractivity contribution is 1.01. The van der Waals surface area contributed by atoms with Gasteiger partial charge in [0.1, 0.15) is 0 Å². The minimum atomic E-state index is -0.0907. The maximum Gasteiger partial charge on any atom is 0.263 e. The highest BCUT2D eigenvalue weighted by Gasteiger charge is 2.22. The van der Waals surface area contributed by atoms with E-state index in [9.17, 15) is 0 Å². The predicted molar refractivity (Wildman–Crippen MR) is 252 cm³/mol. The van der Waals surface area contributed by atoms with Gasteiger partial charge in [-0.15, -0.1) is 0 Å². The molecule has 0 spiro atoms. The Bertz CT molecular complexity index is 4010. The van der Waals surface area contributed by atoms with Crippen molar-refractivity contribution in [1.29, 1.82) is 0 Å². The molecule has 0 radical (unpaired) electrons. The molecule has 0 bridgehead atoms. The van der Waals surface area contributed by atoms with Crippen LogP contribution in [0.25, 0.3) is 116 Å². The van der Waals surface area contributed by atoms with Gasteiger partial charge in [0, 0.05) is 43.6 Å². The third-order valence-electron chi connectivity index (χ3n) is 12.4. The minimum absolute atomic E-state index is 0.0907. The molecule has 0 atom stereocenters. The molecule has 0 saturated carbocycles. The van der Waals surface area contributed by atoms with Gasteiger partial charge in [0.15, 0.2) is 0 Å². The minimum Gasteiger partial charge on any atom is -0.309 e. The summed E-state index contributed by atoms with van der Waals surface area (Å²) in [6.45, 7) is 0. The molecule has 0 saturated heterocycles. The number of para-hydroxylation sites is 4. The maximum absolute atomic E-state index is 15.5. The van der Waals surface area contributed by atoms with Crippen molar-refractivity contribution >= 4 is 87.0 Å². The number of hydrogen-bond acceptors (Lipinski definition) is 3. The lowest BCUT2D eigenvalue weighted by atomic mass is 9.97. The lowest BCUT2D eigenvalue weighted by Crippen LogP contribution is -2.19. The predicted octanol–water partition coefficient (Wildman–Crippen LogP) is 13.1. The van der Waals surface area contributed by atoms with Gasteiger partial charge in [-0.1, -0.05) is 133 Å². The lowest BCUT2D eigenvalue weighted by Gasteiger charge is -2.16. The smallest absolute Gasteiger partial charge is 0.263 e. The normalized spacial score (nSPS) is 12.0. The second-order valence-electron chi connectivity index (χ2n) is 15.7. The first kappa shape index (κ1) is 33.6. The summed E-state index contributed by atoms with van der Waals surface area (Å²) in [6.07, 6.45) is 0. The van der Waals surface area contributed by atoms with Gasteiger partial charge in [-0.05, 0) is 82.9 Å². The molecule has 6 nitrogen and oxygen atoms in total. The van der Waals surface area contributed by atoms with E-state index in [1.54, 1.807) is 0 Å². The highest BCUT2D eigenvalue weighted by Crippen LogP contribution is 2.40. The van der Waals surface area contributed by atoms with E-state index < -0.39 is 0 Å². The Morgan fingerprint density at radius 3 is 1.74 bits per heavy atom. The quantitative estimate of drug-likeness (QED) is 0.167. The van der Waals surface area contributed by atoms with Crippen molar-refractivity contribution < 1.29 is 0 Å². The van der Waals surface area contributed by atoms with E-state index in [0.29, 0.717) is 11.3 Å². The third-order valence-corrected chi connectivity index (χ3v) is 12.4. The molecular formula is C55H33N5O. The number of hydrogen-bond donors (Lipinski definition) is 0. The molecule has 0 unspecified atom stereocenters. The second-order valence-corrected chi connectivity index (χ2v) is 15.7. The van der Waals surface area contributed by atoms with Gasteiger partial charge in [0.05, 0.1) is 49.9 Å². The van der Waals surface area contributed by atoms with Crippen LogP contribution in [-0.4, -0.2) is 23.7 Å². The molecule has 0 aliphatic rings. The van der Waals surface area contributed by atoms with Gasteiger partial charge >= 0.3 is 0 Å². The number of rotatable bonds is 4. The molecule has 0 aliphatic heterocycles. The largest absolute Gasteiger partial charge is 0.309 e. The van der Waals surface area contributed by atoms with Crippen LogP contribution in [0.5, 0.6) is 0 Å². The molecule has 4 heterocycles. The third kappa shape index (κ3) is 4.87. The van der Waals surface area contributed by atoms with Gasteiger partial charge in [-0.25, -0.2) is 9.97 Å². The van der Waals surface area contributed by atoms with Crippen molar-refractivity contribution in [2.24, 2.45) is 0 Å². The fourth-order valence-electron chi connectivity index (χ4n) is 9.77. The summed E-state index contributed by atoms with van der Waals surface area (Å²) >= 11 is 0. The molecule has 0 fully saturated rings. The van der Waals surface area contributed by atoms with Gasteiger partial charge < -0.3 is 4.57 Å². The van der Waals surface area contributed by atoms with Crippen LogP contribution in [-0.2, 0) is 0 Å². The summed E-state index contributed by atoms with van der Waals surface area (Å²) in [5.74, 6) is 0.551. The van der Waals surface area contributed by atoms with Crippen LogP contribution < -0.4 is 5.56 Å². The standard InChI is InChI=1S/C55H33N5O/c61-54-45-33-51-43(40-22-11-14-26-48(40)60(51)55-56-46-24-12-9-23-41(46)53(57-55)35-16-3-1-4-17-35)32-44(45)52-38-20-8-7-15-34(38)27-29-50(52)59(54)37-28-30-49-42(31-37)39-21-10-13-25-47(39)58(49)36-18-5-2-6-19-36/h1-33H. The van der Waals surface area contributed by atoms with Gasteiger partial charge in [-0.3, -0.25) is 13.9 Å². The topological polar surface area (TPSA) is 57.6 Å². The molecule has 9 aromatic carbocycles. The van der Waals surface area contributed by atoms with Gasteiger partial charge in [0.25, 0.3) is 5.56 Å². The van der Waals surface area contributed by atoms with Crippen molar-refractivity contribution in [2.75, 3.05) is 0 Å². The van der Waals surface area contributed by atoms with Gasteiger partial charge in [0.2, 0.25) is 5.95 Å². The van der Waals surface area contributed by atoms with E-state index in [4.69, 9.17) is 9.97 Å². The molecule has 4 aromatic heterocycles. The van der Waals surface area contributed by atoms with Crippen LogP contribution in [0.2, 0.25) is 0 Å². The molecular weight excluding hydrogens is 747 g/mol. The maximum atomic E-state index is 15.5. The summed E-state index contributed by atoms with van der Waals surface area (Å²) in [6, 6.07) is 69.2. The van der Waals surface area contributed by atoms with Crippen LogP contribution >= 0.6 is 0 Å². The van der Waals surface area contributed by atoms with Crippen molar-refractivity contribution in [2.45, 2.75) is 0 Å². The zero-order valence-electron chi connectivity index (χ0n) is 32.7. The summed E-state index contributed by atoms with van der Waals surface area (Å²) in [5, 5.41) is 10.1. The average Bonchev–Trinajstić information content (AvgIpc) is 3.83. The van der Waals surface area contributed by atoms with Crippen LogP contribution in [0.3, 0.4) is 0 Å². The SMILES string of the molecule is O=c1c2cc3c(cc2c2c4ccccc4ccc2n1-c1ccc2c(c1)c1ccccc1n2-c1ccccc1)c1ccccc1n3-c1nc(-c2ccccc2)c2ccccc2n1.